The van der Waals surface area contributed by atoms with Crippen LogP contribution in [0.5, 0.6) is 0 Å². The van der Waals surface area contributed by atoms with Crippen molar-refractivity contribution in [3.05, 3.63) is 0 Å². The maximum absolute atomic E-state index is 10.4. The highest BCUT2D eigenvalue weighted by molar-refractivity contribution is 4.88. The number of hydrogen-bond donors (Lipinski definition) is 1. The molecular weight excluding hydrogens is 196 g/mol. The third kappa shape index (κ3) is 3.23. The summed E-state index contributed by atoms with van der Waals surface area (Å²) in [6.45, 7) is 8.88. The van der Waals surface area contributed by atoms with Crippen molar-refractivity contribution in [1.82, 2.24) is 0 Å². The summed E-state index contributed by atoms with van der Waals surface area (Å²) in [5.74, 6) is 0. The molecule has 1 atom stereocenters. The van der Waals surface area contributed by atoms with Crippen LogP contribution in [0.3, 0.4) is 0 Å². The van der Waals surface area contributed by atoms with Crippen LogP contribution < -0.4 is 0 Å². The monoisotopic (exact) mass is 226 g/mol. The molecule has 1 rings (SSSR count). The standard InChI is InChI=1S/C15H30O/c1-5-14(3,4)13(16)12-15(6-2)10-8-7-9-11-15/h13,16H,5-12H2,1-4H3/t13-/m1/s1. The second-order valence-corrected chi connectivity index (χ2v) is 6.48. The molecule has 0 aromatic carbocycles. The second kappa shape index (κ2) is 5.53. The fraction of sp³-hybridized carbons (Fsp3) is 1.00. The lowest BCUT2D eigenvalue weighted by atomic mass is 9.66. The van der Waals surface area contributed by atoms with Gasteiger partial charge in [0.25, 0.3) is 0 Å². The molecule has 1 saturated carbocycles. The predicted octanol–water partition coefficient (Wildman–Crippen LogP) is 4.53. The van der Waals surface area contributed by atoms with Crippen molar-refractivity contribution >= 4 is 0 Å². The third-order valence-electron chi connectivity index (χ3n) is 5.10. The molecule has 0 saturated heterocycles. The Balaban J connectivity index is 2.62. The van der Waals surface area contributed by atoms with Gasteiger partial charge >= 0.3 is 0 Å². The molecule has 0 aliphatic heterocycles. The smallest absolute Gasteiger partial charge is 0.0596 e. The van der Waals surface area contributed by atoms with Crippen molar-refractivity contribution in [2.45, 2.75) is 85.2 Å². The molecule has 0 amide bonds. The zero-order valence-corrected chi connectivity index (χ0v) is 11.7. The Morgan fingerprint density at radius 3 is 2.12 bits per heavy atom. The molecule has 1 aliphatic rings. The van der Waals surface area contributed by atoms with Gasteiger partial charge in [0.2, 0.25) is 0 Å². The van der Waals surface area contributed by atoms with Gasteiger partial charge < -0.3 is 5.11 Å². The van der Waals surface area contributed by atoms with Crippen molar-refractivity contribution in [3.63, 3.8) is 0 Å². The quantitative estimate of drug-likeness (QED) is 0.730. The number of aliphatic hydroxyl groups excluding tert-OH is 1. The third-order valence-corrected chi connectivity index (χ3v) is 5.10. The van der Waals surface area contributed by atoms with E-state index in [1.165, 1.54) is 38.5 Å². The maximum Gasteiger partial charge on any atom is 0.0596 e. The van der Waals surface area contributed by atoms with Crippen LogP contribution in [0.2, 0.25) is 0 Å². The van der Waals surface area contributed by atoms with E-state index in [-0.39, 0.29) is 11.5 Å². The molecule has 1 fully saturated rings. The SMILES string of the molecule is CCC1(C[C@@H](O)C(C)(C)CC)CCCCC1. The highest BCUT2D eigenvalue weighted by Gasteiger charge is 2.36. The van der Waals surface area contributed by atoms with E-state index in [0.29, 0.717) is 5.41 Å². The topological polar surface area (TPSA) is 20.2 Å². The van der Waals surface area contributed by atoms with E-state index in [1.54, 1.807) is 0 Å². The summed E-state index contributed by atoms with van der Waals surface area (Å²) in [4.78, 5) is 0. The number of aliphatic hydroxyl groups is 1. The van der Waals surface area contributed by atoms with Crippen LogP contribution in [0, 0.1) is 10.8 Å². The summed E-state index contributed by atoms with van der Waals surface area (Å²) < 4.78 is 0. The van der Waals surface area contributed by atoms with Crippen molar-refractivity contribution in [3.8, 4) is 0 Å². The minimum atomic E-state index is -0.129. The molecule has 0 radical (unpaired) electrons. The van der Waals surface area contributed by atoms with Crippen molar-refractivity contribution in [2.24, 2.45) is 10.8 Å². The van der Waals surface area contributed by atoms with Crippen LogP contribution in [-0.2, 0) is 0 Å². The Bertz CT molecular complexity index is 201. The first kappa shape index (κ1) is 14.0. The van der Waals surface area contributed by atoms with Crippen molar-refractivity contribution < 1.29 is 5.11 Å². The van der Waals surface area contributed by atoms with Crippen LogP contribution in [0.15, 0.2) is 0 Å². The molecule has 1 N–H and O–H groups in total. The van der Waals surface area contributed by atoms with Crippen LogP contribution in [0.4, 0.5) is 0 Å². The fourth-order valence-electron chi connectivity index (χ4n) is 2.93. The molecule has 0 spiro atoms. The van der Waals surface area contributed by atoms with Gasteiger partial charge in [0, 0.05) is 0 Å². The molecule has 1 aliphatic carbocycles. The van der Waals surface area contributed by atoms with Crippen molar-refractivity contribution in [2.75, 3.05) is 0 Å². The molecule has 0 heterocycles. The molecule has 96 valence electrons. The van der Waals surface area contributed by atoms with Gasteiger partial charge in [-0.15, -0.1) is 0 Å². The molecule has 1 nitrogen and oxygen atoms in total. The fourth-order valence-corrected chi connectivity index (χ4v) is 2.93. The summed E-state index contributed by atoms with van der Waals surface area (Å²) in [5.41, 5.74) is 0.531. The summed E-state index contributed by atoms with van der Waals surface area (Å²) in [5, 5.41) is 10.4. The summed E-state index contributed by atoms with van der Waals surface area (Å²) in [7, 11) is 0. The zero-order chi connectivity index (χ0) is 12.2. The van der Waals surface area contributed by atoms with E-state index in [2.05, 4.69) is 27.7 Å². The molecule has 0 bridgehead atoms. The second-order valence-electron chi connectivity index (χ2n) is 6.48. The van der Waals surface area contributed by atoms with E-state index in [0.717, 1.165) is 12.8 Å². The van der Waals surface area contributed by atoms with Gasteiger partial charge in [0.1, 0.15) is 0 Å². The lowest BCUT2D eigenvalue weighted by Gasteiger charge is -2.42. The largest absolute Gasteiger partial charge is 0.393 e. The summed E-state index contributed by atoms with van der Waals surface area (Å²) >= 11 is 0. The minimum absolute atomic E-state index is 0.0830. The molecular formula is C15H30O. The first-order valence-corrected chi connectivity index (χ1v) is 7.14. The lowest BCUT2D eigenvalue weighted by Crippen LogP contribution is -2.36. The van der Waals surface area contributed by atoms with E-state index < -0.39 is 0 Å². The van der Waals surface area contributed by atoms with E-state index in [4.69, 9.17) is 0 Å². The normalized spacial score (nSPS) is 23.1. The van der Waals surface area contributed by atoms with Crippen LogP contribution in [0.1, 0.15) is 79.1 Å². The van der Waals surface area contributed by atoms with Gasteiger partial charge in [0.05, 0.1) is 6.10 Å². The highest BCUT2D eigenvalue weighted by atomic mass is 16.3. The minimum Gasteiger partial charge on any atom is -0.393 e. The highest BCUT2D eigenvalue weighted by Crippen LogP contribution is 2.45. The van der Waals surface area contributed by atoms with Gasteiger partial charge in [0.15, 0.2) is 0 Å². The average Bonchev–Trinajstić information content (AvgIpc) is 2.30. The Morgan fingerprint density at radius 2 is 1.69 bits per heavy atom. The van der Waals surface area contributed by atoms with Gasteiger partial charge in [-0.05, 0) is 36.5 Å². The Morgan fingerprint density at radius 1 is 1.12 bits per heavy atom. The van der Waals surface area contributed by atoms with Crippen molar-refractivity contribution in [1.29, 1.82) is 0 Å². The van der Waals surface area contributed by atoms with E-state index in [1.807, 2.05) is 0 Å². The van der Waals surface area contributed by atoms with Gasteiger partial charge in [-0.2, -0.15) is 0 Å². The molecule has 0 aromatic heterocycles. The average molecular weight is 226 g/mol. The Kier molecular flexibility index (Phi) is 4.85. The summed E-state index contributed by atoms with van der Waals surface area (Å²) in [6, 6.07) is 0. The zero-order valence-electron chi connectivity index (χ0n) is 11.7. The number of hydrogen-bond acceptors (Lipinski definition) is 1. The first-order valence-electron chi connectivity index (χ1n) is 7.14. The van der Waals surface area contributed by atoms with Crippen LogP contribution in [0.25, 0.3) is 0 Å². The molecule has 16 heavy (non-hydrogen) atoms. The Labute approximate surface area is 102 Å². The van der Waals surface area contributed by atoms with Gasteiger partial charge in [-0.1, -0.05) is 53.4 Å². The van der Waals surface area contributed by atoms with Gasteiger partial charge in [-0.3, -0.25) is 0 Å². The van der Waals surface area contributed by atoms with Crippen LogP contribution >= 0.6 is 0 Å². The predicted molar refractivity (Wildman–Crippen MR) is 70.5 cm³/mol. The van der Waals surface area contributed by atoms with E-state index >= 15 is 0 Å². The summed E-state index contributed by atoms with van der Waals surface area (Å²) in [6.07, 6.45) is 9.99. The lowest BCUT2D eigenvalue weighted by molar-refractivity contribution is -0.00939. The van der Waals surface area contributed by atoms with Gasteiger partial charge in [-0.25, -0.2) is 0 Å². The molecule has 0 aromatic rings. The molecule has 1 heteroatoms. The number of rotatable bonds is 5. The Hall–Kier alpha value is -0.0400. The molecule has 0 unspecified atom stereocenters. The van der Waals surface area contributed by atoms with E-state index in [9.17, 15) is 5.11 Å². The maximum atomic E-state index is 10.4. The first-order chi connectivity index (χ1) is 7.46. The van der Waals surface area contributed by atoms with Crippen LogP contribution in [-0.4, -0.2) is 11.2 Å².